The number of rotatable bonds is 9. The molecule has 4 heteroatoms. The van der Waals surface area contributed by atoms with E-state index in [2.05, 4.69) is 12.2 Å². The molecule has 0 spiro atoms. The van der Waals surface area contributed by atoms with Crippen LogP contribution in [0.2, 0.25) is 0 Å². The second-order valence-electron chi connectivity index (χ2n) is 6.24. The van der Waals surface area contributed by atoms with Crippen molar-refractivity contribution in [2.24, 2.45) is 11.8 Å². The summed E-state index contributed by atoms with van der Waals surface area (Å²) in [6.07, 6.45) is 9.78. The number of nitrogens with one attached hydrogen (secondary N) is 1. The van der Waals surface area contributed by atoms with Crippen molar-refractivity contribution in [1.82, 2.24) is 5.32 Å². The Labute approximate surface area is 125 Å². The summed E-state index contributed by atoms with van der Waals surface area (Å²) < 4.78 is 23.2. The van der Waals surface area contributed by atoms with Gasteiger partial charge in [-0.2, -0.15) is 0 Å². The maximum absolute atomic E-state index is 11.6. The van der Waals surface area contributed by atoms with E-state index in [4.69, 9.17) is 0 Å². The smallest absolute Gasteiger partial charge is 0.150 e. The van der Waals surface area contributed by atoms with Gasteiger partial charge in [0.15, 0.2) is 0 Å². The number of hydrogen-bond donors (Lipinski definition) is 1. The molecule has 2 atom stereocenters. The van der Waals surface area contributed by atoms with Crippen molar-refractivity contribution < 1.29 is 8.42 Å². The van der Waals surface area contributed by atoms with Gasteiger partial charge >= 0.3 is 0 Å². The van der Waals surface area contributed by atoms with E-state index >= 15 is 0 Å². The highest BCUT2D eigenvalue weighted by Crippen LogP contribution is 2.31. The Morgan fingerprint density at radius 2 is 1.75 bits per heavy atom. The minimum Gasteiger partial charge on any atom is -0.316 e. The first-order valence-electron chi connectivity index (χ1n) is 8.50. The van der Waals surface area contributed by atoms with Crippen molar-refractivity contribution in [2.45, 2.75) is 65.2 Å². The highest BCUT2D eigenvalue weighted by atomic mass is 32.2. The molecule has 0 amide bonds. The molecule has 1 fully saturated rings. The second-order valence-corrected chi connectivity index (χ2v) is 8.71. The van der Waals surface area contributed by atoms with Crippen molar-refractivity contribution in [3.05, 3.63) is 0 Å². The first-order valence-corrected chi connectivity index (χ1v) is 10.3. The van der Waals surface area contributed by atoms with Crippen molar-refractivity contribution in [3.8, 4) is 0 Å². The molecule has 120 valence electrons. The third-order valence-corrected chi connectivity index (χ3v) is 6.41. The quantitative estimate of drug-likeness (QED) is 0.524. The Balaban J connectivity index is 2.40. The molecule has 1 aliphatic carbocycles. The van der Waals surface area contributed by atoms with Crippen LogP contribution in [0.25, 0.3) is 0 Å². The Bertz CT molecular complexity index is 340. The predicted molar refractivity (Wildman–Crippen MR) is 86.8 cm³/mol. The average molecular weight is 304 g/mol. The maximum atomic E-state index is 11.6. The van der Waals surface area contributed by atoms with E-state index in [9.17, 15) is 8.42 Å². The van der Waals surface area contributed by atoms with E-state index in [1.165, 1.54) is 38.5 Å². The molecule has 1 rings (SSSR count). The fraction of sp³-hybridized carbons (Fsp3) is 1.00. The van der Waals surface area contributed by atoms with Crippen LogP contribution in [0.5, 0.6) is 0 Å². The molecule has 1 aliphatic rings. The minimum absolute atomic E-state index is 0.291. The first-order chi connectivity index (χ1) is 9.59. The van der Waals surface area contributed by atoms with Crippen molar-refractivity contribution in [3.63, 3.8) is 0 Å². The van der Waals surface area contributed by atoms with Crippen molar-refractivity contribution in [1.29, 1.82) is 0 Å². The lowest BCUT2D eigenvalue weighted by atomic mass is 9.84. The zero-order valence-electron chi connectivity index (χ0n) is 13.4. The van der Waals surface area contributed by atoms with E-state index in [0.29, 0.717) is 11.5 Å². The van der Waals surface area contributed by atoms with Gasteiger partial charge < -0.3 is 5.32 Å². The van der Waals surface area contributed by atoms with Crippen LogP contribution in [0.3, 0.4) is 0 Å². The summed E-state index contributed by atoms with van der Waals surface area (Å²) in [5.74, 6) is 2.16. The Hall–Kier alpha value is -0.0900. The predicted octanol–water partition coefficient (Wildman–Crippen LogP) is 3.40. The highest BCUT2D eigenvalue weighted by Gasteiger charge is 2.23. The molecule has 0 aromatic rings. The molecule has 0 bridgehead atoms. The van der Waals surface area contributed by atoms with Crippen molar-refractivity contribution >= 4 is 9.84 Å². The monoisotopic (exact) mass is 303 g/mol. The normalized spacial score (nSPS) is 24.5. The fourth-order valence-corrected chi connectivity index (χ4v) is 4.18. The number of hydrogen-bond acceptors (Lipinski definition) is 3. The molecular weight excluding hydrogens is 270 g/mol. The summed E-state index contributed by atoms with van der Waals surface area (Å²) in [6, 6.07) is 0. The van der Waals surface area contributed by atoms with E-state index in [1.807, 2.05) is 0 Å². The molecule has 0 saturated heterocycles. The second kappa shape index (κ2) is 9.78. The fourth-order valence-electron chi connectivity index (χ4n) is 3.28. The van der Waals surface area contributed by atoms with Gasteiger partial charge in [0, 0.05) is 5.75 Å². The Kier molecular flexibility index (Phi) is 8.78. The average Bonchev–Trinajstić information content (AvgIpc) is 2.65. The molecule has 3 nitrogen and oxygen atoms in total. The van der Waals surface area contributed by atoms with Gasteiger partial charge in [-0.3, -0.25) is 0 Å². The third-order valence-electron chi connectivity index (χ3n) is 4.62. The molecule has 0 aromatic heterocycles. The van der Waals surface area contributed by atoms with Gasteiger partial charge in [-0.1, -0.05) is 39.5 Å². The molecule has 0 aromatic carbocycles. The van der Waals surface area contributed by atoms with E-state index in [0.717, 1.165) is 37.8 Å². The molecule has 1 saturated carbocycles. The summed E-state index contributed by atoms with van der Waals surface area (Å²) in [7, 11) is -2.78. The Morgan fingerprint density at radius 3 is 2.40 bits per heavy atom. The molecule has 0 heterocycles. The van der Waals surface area contributed by atoms with Crippen LogP contribution >= 0.6 is 0 Å². The van der Waals surface area contributed by atoms with Gasteiger partial charge in [-0.15, -0.1) is 0 Å². The van der Waals surface area contributed by atoms with Gasteiger partial charge in [0.25, 0.3) is 0 Å². The third kappa shape index (κ3) is 7.07. The molecule has 0 radical (unpaired) electrons. The van der Waals surface area contributed by atoms with Gasteiger partial charge in [0.2, 0.25) is 0 Å². The van der Waals surface area contributed by atoms with Crippen molar-refractivity contribution in [2.75, 3.05) is 24.6 Å². The summed E-state index contributed by atoms with van der Waals surface area (Å²) in [5.41, 5.74) is 0. The zero-order valence-corrected chi connectivity index (χ0v) is 14.2. The SMILES string of the molecule is CCCNCC1CCCCCC1CCCS(=O)(=O)CC. The lowest BCUT2D eigenvalue weighted by Crippen LogP contribution is -2.28. The van der Waals surface area contributed by atoms with Crippen LogP contribution in [0, 0.1) is 11.8 Å². The molecule has 20 heavy (non-hydrogen) atoms. The zero-order chi connectivity index (χ0) is 14.8. The molecule has 2 unspecified atom stereocenters. The van der Waals surface area contributed by atoms with Crippen LogP contribution in [0.1, 0.15) is 65.2 Å². The van der Waals surface area contributed by atoms with Crippen LogP contribution in [-0.4, -0.2) is 33.0 Å². The van der Waals surface area contributed by atoms with Gasteiger partial charge in [-0.05, 0) is 50.6 Å². The lowest BCUT2D eigenvalue weighted by Gasteiger charge is -2.25. The summed E-state index contributed by atoms with van der Waals surface area (Å²) in [4.78, 5) is 0. The Morgan fingerprint density at radius 1 is 1.05 bits per heavy atom. The van der Waals surface area contributed by atoms with Gasteiger partial charge in [0.05, 0.1) is 5.75 Å². The van der Waals surface area contributed by atoms with E-state index in [1.54, 1.807) is 6.92 Å². The maximum Gasteiger partial charge on any atom is 0.150 e. The largest absolute Gasteiger partial charge is 0.316 e. The standard InChI is InChI=1S/C16H33NO2S/c1-3-12-17-14-16-10-7-5-6-9-15(16)11-8-13-20(18,19)4-2/h15-17H,3-14H2,1-2H3. The van der Waals surface area contributed by atoms with Crippen LogP contribution in [-0.2, 0) is 9.84 Å². The topological polar surface area (TPSA) is 46.2 Å². The summed E-state index contributed by atoms with van der Waals surface area (Å²) in [6.45, 7) is 6.18. The van der Waals surface area contributed by atoms with Crippen LogP contribution in [0.15, 0.2) is 0 Å². The van der Waals surface area contributed by atoms with Gasteiger partial charge in [-0.25, -0.2) is 8.42 Å². The van der Waals surface area contributed by atoms with Crippen LogP contribution in [0.4, 0.5) is 0 Å². The molecule has 0 aliphatic heterocycles. The lowest BCUT2D eigenvalue weighted by molar-refractivity contribution is 0.282. The van der Waals surface area contributed by atoms with Gasteiger partial charge in [0.1, 0.15) is 9.84 Å². The number of sulfone groups is 1. The minimum atomic E-state index is -2.78. The summed E-state index contributed by atoms with van der Waals surface area (Å²) >= 11 is 0. The van der Waals surface area contributed by atoms with Crippen LogP contribution < -0.4 is 5.32 Å². The van der Waals surface area contributed by atoms with E-state index < -0.39 is 9.84 Å². The summed E-state index contributed by atoms with van der Waals surface area (Å²) in [5, 5.41) is 3.56. The molecular formula is C16H33NO2S. The first kappa shape index (κ1) is 18.0. The molecule has 1 N–H and O–H groups in total. The van der Waals surface area contributed by atoms with E-state index in [-0.39, 0.29) is 0 Å². The highest BCUT2D eigenvalue weighted by molar-refractivity contribution is 7.91.